The topological polar surface area (TPSA) is 95.8 Å². The number of rotatable bonds is 5. The van der Waals surface area contributed by atoms with E-state index in [2.05, 4.69) is 10.5 Å². The third-order valence-electron chi connectivity index (χ3n) is 5.47. The smallest absolute Gasteiger partial charge is 0.360 e. The molecule has 1 aliphatic rings. The van der Waals surface area contributed by atoms with Crippen molar-refractivity contribution in [3.63, 3.8) is 0 Å². The van der Waals surface area contributed by atoms with E-state index in [4.69, 9.17) is 4.52 Å². The molecule has 32 heavy (non-hydrogen) atoms. The molecule has 1 unspecified atom stereocenters. The van der Waals surface area contributed by atoms with Crippen LogP contribution in [0, 0.1) is 13.8 Å². The molecule has 0 spiro atoms. The SMILES string of the molecule is Cc1noc(C)c1S(=O)(=O)N1CCCN(C(C)C(=O)Nc2ccccc2C(F)(F)F)CC1. The van der Waals surface area contributed by atoms with Gasteiger partial charge in [0.2, 0.25) is 15.9 Å². The van der Waals surface area contributed by atoms with Crippen LogP contribution in [0.2, 0.25) is 0 Å². The van der Waals surface area contributed by atoms with Gasteiger partial charge in [-0.2, -0.15) is 17.5 Å². The van der Waals surface area contributed by atoms with Gasteiger partial charge in [-0.1, -0.05) is 17.3 Å². The van der Waals surface area contributed by atoms with Gasteiger partial charge < -0.3 is 9.84 Å². The number of amides is 1. The van der Waals surface area contributed by atoms with Crippen LogP contribution < -0.4 is 5.32 Å². The summed E-state index contributed by atoms with van der Waals surface area (Å²) in [7, 11) is -3.82. The van der Waals surface area contributed by atoms with Gasteiger partial charge in [-0.25, -0.2) is 8.42 Å². The van der Waals surface area contributed by atoms with E-state index in [1.165, 1.54) is 29.4 Å². The molecule has 0 radical (unpaired) electrons. The zero-order valence-electron chi connectivity index (χ0n) is 17.9. The van der Waals surface area contributed by atoms with Crippen LogP contribution in [0.25, 0.3) is 0 Å². The number of hydrogen-bond donors (Lipinski definition) is 1. The number of carbonyl (C=O) groups is 1. The highest BCUT2D eigenvalue weighted by atomic mass is 32.2. The van der Waals surface area contributed by atoms with Crippen LogP contribution >= 0.6 is 0 Å². The number of nitrogens with zero attached hydrogens (tertiary/aromatic N) is 3. The fraction of sp³-hybridized carbons (Fsp3) is 0.500. The highest BCUT2D eigenvalue weighted by Crippen LogP contribution is 2.34. The van der Waals surface area contributed by atoms with Crippen LogP contribution in [0.3, 0.4) is 0 Å². The Kier molecular flexibility index (Phi) is 6.96. The zero-order valence-corrected chi connectivity index (χ0v) is 18.8. The molecule has 176 valence electrons. The zero-order chi connectivity index (χ0) is 23.7. The number of nitrogens with one attached hydrogen (secondary N) is 1. The van der Waals surface area contributed by atoms with Gasteiger partial charge in [0.25, 0.3) is 0 Å². The van der Waals surface area contributed by atoms with Gasteiger partial charge in [-0.15, -0.1) is 0 Å². The number of aromatic nitrogens is 1. The number of hydrogen-bond acceptors (Lipinski definition) is 6. The Bertz CT molecular complexity index is 1070. The highest BCUT2D eigenvalue weighted by molar-refractivity contribution is 7.89. The number of halogens is 3. The van der Waals surface area contributed by atoms with Crippen LogP contribution in [0.1, 0.15) is 30.4 Å². The maximum Gasteiger partial charge on any atom is 0.418 e. The summed E-state index contributed by atoms with van der Waals surface area (Å²) in [5.74, 6) is -0.386. The number of benzene rings is 1. The molecule has 0 aliphatic carbocycles. The van der Waals surface area contributed by atoms with E-state index in [1.807, 2.05) is 0 Å². The number of aryl methyl sites for hydroxylation is 2. The molecule has 1 aromatic carbocycles. The van der Waals surface area contributed by atoms with Crippen molar-refractivity contribution in [3.8, 4) is 0 Å². The molecule has 3 rings (SSSR count). The summed E-state index contributed by atoms with van der Waals surface area (Å²) in [4.78, 5) is 14.5. The van der Waals surface area contributed by atoms with E-state index in [1.54, 1.807) is 18.7 Å². The number of anilines is 1. The maximum atomic E-state index is 13.2. The summed E-state index contributed by atoms with van der Waals surface area (Å²) in [5, 5.41) is 6.07. The van der Waals surface area contributed by atoms with Gasteiger partial charge in [-0.05, 0) is 39.3 Å². The Labute approximate surface area is 184 Å². The first kappa shape index (κ1) is 24.2. The van der Waals surface area contributed by atoms with E-state index in [-0.39, 0.29) is 41.7 Å². The third kappa shape index (κ3) is 4.97. The largest absolute Gasteiger partial charge is 0.418 e. The molecule has 2 aromatic rings. The normalized spacial score (nSPS) is 17.7. The number of para-hydroxylation sites is 1. The molecule has 0 saturated carbocycles. The predicted octanol–water partition coefficient (Wildman–Crippen LogP) is 3.03. The summed E-state index contributed by atoms with van der Waals surface area (Å²) in [6.07, 6.45) is -4.14. The monoisotopic (exact) mass is 474 g/mol. The molecule has 1 aliphatic heterocycles. The molecular formula is C20H25F3N4O4S. The summed E-state index contributed by atoms with van der Waals surface area (Å²) >= 11 is 0. The quantitative estimate of drug-likeness (QED) is 0.716. The summed E-state index contributed by atoms with van der Waals surface area (Å²) < 4.78 is 72.0. The van der Waals surface area contributed by atoms with Crippen molar-refractivity contribution in [2.75, 3.05) is 31.5 Å². The summed E-state index contributed by atoms with van der Waals surface area (Å²) in [6, 6.07) is 4.03. The first-order valence-electron chi connectivity index (χ1n) is 10.1. The Morgan fingerprint density at radius 2 is 1.84 bits per heavy atom. The van der Waals surface area contributed by atoms with Gasteiger partial charge in [0, 0.05) is 26.2 Å². The average molecular weight is 475 g/mol. The Morgan fingerprint density at radius 3 is 2.47 bits per heavy atom. The molecule has 1 amide bonds. The van der Waals surface area contributed by atoms with Gasteiger partial charge >= 0.3 is 6.18 Å². The molecule has 8 nitrogen and oxygen atoms in total. The van der Waals surface area contributed by atoms with Crippen LogP contribution in [-0.2, 0) is 21.0 Å². The lowest BCUT2D eigenvalue weighted by molar-refractivity contribution is -0.137. The van der Waals surface area contributed by atoms with Crippen molar-refractivity contribution in [2.45, 2.75) is 44.3 Å². The van der Waals surface area contributed by atoms with Crippen LogP contribution in [0.15, 0.2) is 33.7 Å². The Morgan fingerprint density at radius 1 is 1.16 bits per heavy atom. The summed E-state index contributed by atoms with van der Waals surface area (Å²) in [5.41, 5.74) is -0.956. The fourth-order valence-corrected chi connectivity index (χ4v) is 5.52. The molecule has 1 saturated heterocycles. The van der Waals surface area contributed by atoms with Crippen molar-refractivity contribution in [3.05, 3.63) is 41.3 Å². The van der Waals surface area contributed by atoms with E-state index < -0.39 is 33.7 Å². The molecule has 1 aromatic heterocycles. The number of sulfonamides is 1. The van der Waals surface area contributed by atoms with Gasteiger partial charge in [0.15, 0.2) is 5.76 Å². The molecule has 1 fully saturated rings. The van der Waals surface area contributed by atoms with Crippen molar-refractivity contribution < 1.29 is 30.9 Å². The minimum Gasteiger partial charge on any atom is -0.360 e. The number of carbonyl (C=O) groups excluding carboxylic acids is 1. The molecule has 0 bridgehead atoms. The van der Waals surface area contributed by atoms with Crippen molar-refractivity contribution >= 4 is 21.6 Å². The Hall–Kier alpha value is -2.44. The molecule has 12 heteroatoms. The van der Waals surface area contributed by atoms with Crippen molar-refractivity contribution in [1.29, 1.82) is 0 Å². The van der Waals surface area contributed by atoms with E-state index in [9.17, 15) is 26.4 Å². The standard InChI is InChI=1S/C20H25F3N4O4S/c1-13-18(15(3)31-25-13)32(29,30)27-10-6-9-26(11-12-27)14(2)19(28)24-17-8-5-4-7-16(17)20(21,22)23/h4-5,7-8,14H,6,9-12H2,1-3H3,(H,24,28). The predicted molar refractivity (Wildman–Crippen MR) is 110 cm³/mol. The van der Waals surface area contributed by atoms with Crippen LogP contribution in [0.4, 0.5) is 18.9 Å². The molecule has 2 heterocycles. The van der Waals surface area contributed by atoms with Crippen LogP contribution in [0.5, 0.6) is 0 Å². The number of alkyl halides is 3. The summed E-state index contributed by atoms with van der Waals surface area (Å²) in [6.45, 7) is 5.71. The third-order valence-corrected chi connectivity index (χ3v) is 7.62. The van der Waals surface area contributed by atoms with Crippen molar-refractivity contribution in [2.24, 2.45) is 0 Å². The second kappa shape index (κ2) is 9.20. The first-order valence-corrected chi connectivity index (χ1v) is 11.5. The molecule has 1 atom stereocenters. The second-order valence-electron chi connectivity index (χ2n) is 7.66. The lowest BCUT2D eigenvalue weighted by Gasteiger charge is -2.27. The average Bonchev–Trinajstić information content (AvgIpc) is 2.92. The minimum atomic E-state index is -4.59. The second-order valence-corrected chi connectivity index (χ2v) is 9.53. The molecular weight excluding hydrogens is 449 g/mol. The minimum absolute atomic E-state index is 0.0421. The van der Waals surface area contributed by atoms with E-state index in [0.29, 0.717) is 13.0 Å². The maximum absolute atomic E-state index is 13.2. The van der Waals surface area contributed by atoms with Gasteiger partial charge in [-0.3, -0.25) is 9.69 Å². The van der Waals surface area contributed by atoms with E-state index >= 15 is 0 Å². The lowest BCUT2D eigenvalue weighted by atomic mass is 10.1. The van der Waals surface area contributed by atoms with Gasteiger partial charge in [0.1, 0.15) is 10.6 Å². The lowest BCUT2D eigenvalue weighted by Crippen LogP contribution is -2.44. The fourth-order valence-electron chi connectivity index (χ4n) is 3.76. The first-order chi connectivity index (χ1) is 14.9. The van der Waals surface area contributed by atoms with Crippen molar-refractivity contribution in [1.82, 2.24) is 14.4 Å². The Balaban J connectivity index is 1.70. The molecule has 1 N–H and O–H groups in total. The van der Waals surface area contributed by atoms with E-state index in [0.717, 1.165) is 6.07 Å². The van der Waals surface area contributed by atoms with Crippen LogP contribution in [-0.4, -0.2) is 60.9 Å². The van der Waals surface area contributed by atoms with Gasteiger partial charge in [0.05, 0.1) is 17.3 Å². The highest BCUT2D eigenvalue weighted by Gasteiger charge is 2.36.